The fourth-order valence-electron chi connectivity index (χ4n) is 4.53. The highest BCUT2D eigenvalue weighted by atomic mass is 19.4. The molecular weight excluding hydrogens is 437 g/mol. The zero-order valence-electron chi connectivity index (χ0n) is 17.7. The molecular formula is C22H21F3N6O2. The van der Waals surface area contributed by atoms with E-state index in [1.54, 1.807) is 0 Å². The number of carbonyl (C=O) groups is 1. The van der Waals surface area contributed by atoms with Crippen LogP contribution in [0.3, 0.4) is 0 Å². The molecule has 3 aromatic heterocycles. The van der Waals surface area contributed by atoms with Gasteiger partial charge in [0.25, 0.3) is 0 Å². The maximum atomic E-state index is 13.2. The molecule has 3 heterocycles. The van der Waals surface area contributed by atoms with Crippen LogP contribution in [-0.4, -0.2) is 37.1 Å². The fraction of sp³-hybridized carbons (Fsp3) is 0.409. The number of fused-ring (bicyclic) bond motifs is 1. The zero-order valence-corrected chi connectivity index (χ0v) is 17.7. The summed E-state index contributed by atoms with van der Waals surface area (Å²) in [6.45, 7) is 1.83. The molecule has 0 aromatic carbocycles. The topological polar surface area (TPSA) is 128 Å². The van der Waals surface area contributed by atoms with Crippen molar-refractivity contribution in [2.24, 2.45) is 5.41 Å². The van der Waals surface area contributed by atoms with Crippen LogP contribution in [0.2, 0.25) is 0 Å². The molecule has 2 atom stereocenters. The Morgan fingerprint density at radius 1 is 1.36 bits per heavy atom. The standard InChI is InChI=1S/C22H21F3N6O2/c1-2-21(19(32)33)6-4-3-5-16(21)30-20-29-9-12(8-26)17(31-20)15-11-28-18-14(15)7-13(10-27-18)22(23,24)25/h7,9-11,16H,2-6H2,1H3,(H,27,28)(H,32,33)(H,29,30,31). The van der Waals surface area contributed by atoms with Crippen LogP contribution in [0.5, 0.6) is 0 Å². The molecule has 8 nitrogen and oxygen atoms in total. The molecule has 1 aliphatic rings. The van der Waals surface area contributed by atoms with Crippen LogP contribution in [0.1, 0.15) is 50.2 Å². The number of anilines is 1. The van der Waals surface area contributed by atoms with E-state index in [9.17, 15) is 28.3 Å². The number of nitriles is 1. The average molecular weight is 458 g/mol. The van der Waals surface area contributed by atoms with Crippen LogP contribution in [0.15, 0.2) is 24.7 Å². The Labute approximate surface area is 186 Å². The summed E-state index contributed by atoms with van der Waals surface area (Å²) in [6, 6.07) is 2.50. The highest BCUT2D eigenvalue weighted by Gasteiger charge is 2.46. The second kappa shape index (κ2) is 8.35. The Bertz CT molecular complexity index is 1250. The maximum absolute atomic E-state index is 13.2. The van der Waals surface area contributed by atoms with Crippen LogP contribution < -0.4 is 5.32 Å². The van der Waals surface area contributed by atoms with Crippen molar-refractivity contribution in [3.8, 4) is 17.3 Å². The molecule has 0 aliphatic heterocycles. The van der Waals surface area contributed by atoms with E-state index in [0.717, 1.165) is 25.1 Å². The predicted octanol–water partition coefficient (Wildman–Crippen LogP) is 4.75. The van der Waals surface area contributed by atoms with Crippen molar-refractivity contribution in [1.29, 1.82) is 5.26 Å². The number of hydrogen-bond donors (Lipinski definition) is 3. The quantitative estimate of drug-likeness (QED) is 0.504. The molecule has 1 aliphatic carbocycles. The number of aliphatic carboxylic acids is 1. The number of alkyl halides is 3. The van der Waals surface area contributed by atoms with Crippen molar-refractivity contribution in [2.75, 3.05) is 5.32 Å². The molecule has 3 N–H and O–H groups in total. The minimum absolute atomic E-state index is 0.0718. The van der Waals surface area contributed by atoms with Gasteiger partial charge in [0.1, 0.15) is 11.7 Å². The molecule has 1 saturated carbocycles. The monoisotopic (exact) mass is 458 g/mol. The summed E-state index contributed by atoms with van der Waals surface area (Å²) >= 11 is 0. The van der Waals surface area contributed by atoms with Crippen molar-refractivity contribution in [3.63, 3.8) is 0 Å². The van der Waals surface area contributed by atoms with Crippen LogP contribution in [0.25, 0.3) is 22.3 Å². The smallest absolute Gasteiger partial charge is 0.417 e. The van der Waals surface area contributed by atoms with Crippen molar-refractivity contribution >= 4 is 23.0 Å². The Kier molecular flexibility index (Phi) is 5.69. The van der Waals surface area contributed by atoms with Gasteiger partial charge in [-0.3, -0.25) is 4.79 Å². The average Bonchev–Trinajstić information content (AvgIpc) is 3.22. The van der Waals surface area contributed by atoms with Gasteiger partial charge < -0.3 is 15.4 Å². The number of pyridine rings is 1. The van der Waals surface area contributed by atoms with E-state index in [2.05, 4.69) is 25.3 Å². The van der Waals surface area contributed by atoms with Gasteiger partial charge >= 0.3 is 12.1 Å². The van der Waals surface area contributed by atoms with E-state index in [4.69, 9.17) is 0 Å². The summed E-state index contributed by atoms with van der Waals surface area (Å²) in [5.74, 6) is -0.775. The summed E-state index contributed by atoms with van der Waals surface area (Å²) in [5, 5.41) is 22.7. The summed E-state index contributed by atoms with van der Waals surface area (Å²) in [4.78, 5) is 27.3. The minimum atomic E-state index is -4.58. The lowest BCUT2D eigenvalue weighted by molar-refractivity contribution is -0.152. The SMILES string of the molecule is CCC1(C(=O)O)CCCCC1Nc1ncc(C#N)c(-c2c[nH]c3ncc(C(F)(F)F)cc23)n1. The Morgan fingerprint density at radius 2 is 2.15 bits per heavy atom. The number of halogens is 3. The normalized spacial score (nSPS) is 21.0. The van der Waals surface area contributed by atoms with E-state index in [1.807, 2.05) is 13.0 Å². The third-order valence-corrected chi connectivity index (χ3v) is 6.42. The molecule has 4 rings (SSSR count). The number of rotatable bonds is 5. The molecule has 0 spiro atoms. The number of aromatic amines is 1. The van der Waals surface area contributed by atoms with Gasteiger partial charge in [-0.1, -0.05) is 19.8 Å². The second-order valence-electron chi connectivity index (χ2n) is 8.15. The lowest BCUT2D eigenvalue weighted by Gasteiger charge is -2.40. The van der Waals surface area contributed by atoms with Crippen molar-refractivity contribution in [1.82, 2.24) is 19.9 Å². The Morgan fingerprint density at radius 3 is 2.82 bits per heavy atom. The molecule has 0 bridgehead atoms. The van der Waals surface area contributed by atoms with Gasteiger partial charge in [-0.25, -0.2) is 15.0 Å². The van der Waals surface area contributed by atoms with Gasteiger partial charge in [0, 0.05) is 29.4 Å². The Balaban J connectivity index is 1.77. The third kappa shape index (κ3) is 3.97. The first-order valence-electron chi connectivity index (χ1n) is 10.5. The number of nitrogens with zero attached hydrogens (tertiary/aromatic N) is 4. The molecule has 172 valence electrons. The molecule has 11 heteroatoms. The first kappa shape index (κ1) is 22.5. The first-order valence-corrected chi connectivity index (χ1v) is 10.5. The molecule has 33 heavy (non-hydrogen) atoms. The third-order valence-electron chi connectivity index (χ3n) is 6.42. The fourth-order valence-corrected chi connectivity index (χ4v) is 4.53. The number of hydrogen-bond acceptors (Lipinski definition) is 6. The first-order chi connectivity index (χ1) is 15.7. The van der Waals surface area contributed by atoms with Gasteiger partial charge in [-0.05, 0) is 25.3 Å². The van der Waals surface area contributed by atoms with Gasteiger partial charge in [0.2, 0.25) is 5.95 Å². The van der Waals surface area contributed by atoms with Crippen molar-refractivity contribution in [3.05, 3.63) is 35.8 Å². The lowest BCUT2D eigenvalue weighted by Crippen LogP contribution is -2.48. The molecule has 0 amide bonds. The van der Waals surface area contributed by atoms with E-state index < -0.39 is 29.2 Å². The summed E-state index contributed by atoms with van der Waals surface area (Å²) in [5.41, 5.74) is -1.19. The van der Waals surface area contributed by atoms with E-state index in [0.29, 0.717) is 19.3 Å². The van der Waals surface area contributed by atoms with Gasteiger partial charge in [-0.15, -0.1) is 0 Å². The molecule has 0 radical (unpaired) electrons. The number of aromatic nitrogens is 4. The molecule has 1 fully saturated rings. The Hall–Kier alpha value is -3.68. The van der Waals surface area contributed by atoms with Crippen LogP contribution >= 0.6 is 0 Å². The summed E-state index contributed by atoms with van der Waals surface area (Å²) in [6.07, 6.45) is 2.11. The van der Waals surface area contributed by atoms with Crippen LogP contribution in [-0.2, 0) is 11.0 Å². The number of carboxylic acids is 1. The predicted molar refractivity (Wildman–Crippen MR) is 113 cm³/mol. The number of H-pyrrole nitrogens is 1. The maximum Gasteiger partial charge on any atom is 0.417 e. The van der Waals surface area contributed by atoms with Crippen LogP contribution in [0, 0.1) is 16.7 Å². The lowest BCUT2D eigenvalue weighted by atomic mass is 9.68. The van der Waals surface area contributed by atoms with Gasteiger partial charge in [0.05, 0.1) is 28.4 Å². The van der Waals surface area contributed by atoms with Gasteiger partial charge in [-0.2, -0.15) is 18.4 Å². The van der Waals surface area contributed by atoms with Crippen LogP contribution in [0.4, 0.5) is 19.1 Å². The number of nitrogens with one attached hydrogen (secondary N) is 2. The molecule has 0 saturated heterocycles. The van der Waals surface area contributed by atoms with E-state index >= 15 is 0 Å². The van der Waals surface area contributed by atoms with E-state index in [1.165, 1.54) is 12.4 Å². The second-order valence-corrected chi connectivity index (χ2v) is 8.15. The minimum Gasteiger partial charge on any atom is -0.481 e. The molecule has 3 aromatic rings. The van der Waals surface area contributed by atoms with Crippen molar-refractivity contribution in [2.45, 2.75) is 51.2 Å². The van der Waals surface area contributed by atoms with Gasteiger partial charge in [0.15, 0.2) is 0 Å². The van der Waals surface area contributed by atoms with E-state index in [-0.39, 0.29) is 33.8 Å². The summed E-state index contributed by atoms with van der Waals surface area (Å²) in [7, 11) is 0. The highest BCUT2D eigenvalue weighted by Crippen LogP contribution is 2.41. The zero-order chi connectivity index (χ0) is 23.8. The number of carboxylic acid groups (broad SMARTS) is 1. The molecule has 2 unspecified atom stereocenters. The van der Waals surface area contributed by atoms with Crippen molar-refractivity contribution < 1.29 is 23.1 Å². The largest absolute Gasteiger partial charge is 0.481 e. The summed E-state index contributed by atoms with van der Waals surface area (Å²) < 4.78 is 39.6. The highest BCUT2D eigenvalue weighted by molar-refractivity contribution is 5.94.